The molecule has 0 saturated heterocycles. The molecule has 0 spiro atoms. The van der Waals surface area contributed by atoms with Gasteiger partial charge in [-0.1, -0.05) is 17.7 Å². The van der Waals surface area contributed by atoms with Gasteiger partial charge in [0.1, 0.15) is 6.10 Å². The number of ether oxygens (including phenoxy) is 1. The molecular weight excluding hydrogens is 260 g/mol. The van der Waals surface area contributed by atoms with Crippen molar-refractivity contribution in [1.82, 2.24) is 0 Å². The molecule has 0 aliphatic heterocycles. The zero-order chi connectivity index (χ0) is 13.9. The molecule has 1 aromatic rings. The number of hydrogen-bond donors (Lipinski definition) is 2. The quantitative estimate of drug-likeness (QED) is 0.634. The van der Waals surface area contributed by atoms with Gasteiger partial charge in [-0.15, -0.1) is 0 Å². The summed E-state index contributed by atoms with van der Waals surface area (Å²) in [5.74, 6) is -1.23. The van der Waals surface area contributed by atoms with Gasteiger partial charge < -0.3 is 14.9 Å². The maximum atomic E-state index is 11.3. The molecule has 98 valence electrons. The van der Waals surface area contributed by atoms with Crippen molar-refractivity contribution in [1.29, 1.82) is 0 Å². The minimum atomic E-state index is -1.71. The predicted molar refractivity (Wildman–Crippen MR) is 64.4 cm³/mol. The SMILES string of the molecule is COC(=O)C(O)C(O)c1ccc(Cl)c(C(C)=O)c1. The minimum Gasteiger partial charge on any atom is -0.467 e. The first-order chi connectivity index (χ1) is 8.38. The molecule has 1 aromatic carbocycles. The van der Waals surface area contributed by atoms with Crippen LogP contribution >= 0.6 is 11.6 Å². The molecule has 0 saturated carbocycles. The minimum absolute atomic E-state index is 0.211. The fraction of sp³-hybridized carbons (Fsp3) is 0.333. The van der Waals surface area contributed by atoms with Gasteiger partial charge >= 0.3 is 5.97 Å². The third-order valence-corrected chi connectivity index (χ3v) is 2.78. The van der Waals surface area contributed by atoms with E-state index in [1.807, 2.05) is 0 Å². The molecule has 0 heterocycles. The second-order valence-electron chi connectivity index (χ2n) is 3.71. The Morgan fingerprint density at radius 3 is 2.44 bits per heavy atom. The Bertz CT molecular complexity index is 472. The van der Waals surface area contributed by atoms with E-state index in [1.54, 1.807) is 0 Å². The van der Waals surface area contributed by atoms with Crippen LogP contribution < -0.4 is 0 Å². The lowest BCUT2D eigenvalue weighted by Crippen LogP contribution is -2.29. The topological polar surface area (TPSA) is 83.8 Å². The number of esters is 1. The number of rotatable bonds is 4. The van der Waals surface area contributed by atoms with Crippen LogP contribution in [0.15, 0.2) is 18.2 Å². The first-order valence-corrected chi connectivity index (χ1v) is 5.50. The number of benzene rings is 1. The lowest BCUT2D eigenvalue weighted by atomic mass is 10.0. The van der Waals surface area contributed by atoms with Gasteiger partial charge in [0.05, 0.1) is 12.1 Å². The van der Waals surface area contributed by atoms with Crippen LogP contribution in [0.2, 0.25) is 5.02 Å². The number of halogens is 1. The summed E-state index contributed by atoms with van der Waals surface area (Å²) in [5, 5.41) is 19.5. The summed E-state index contributed by atoms with van der Waals surface area (Å²) in [7, 11) is 1.10. The Labute approximate surface area is 109 Å². The molecule has 1 rings (SSSR count). The zero-order valence-corrected chi connectivity index (χ0v) is 10.6. The standard InChI is InChI=1S/C12H13ClO5/c1-6(14)8-5-7(3-4-9(8)13)10(15)11(16)12(17)18-2/h3-5,10-11,15-16H,1-2H3. The van der Waals surface area contributed by atoms with Gasteiger partial charge in [-0.2, -0.15) is 0 Å². The Morgan fingerprint density at radius 2 is 1.94 bits per heavy atom. The van der Waals surface area contributed by atoms with Crippen molar-refractivity contribution in [3.63, 3.8) is 0 Å². The van der Waals surface area contributed by atoms with Crippen LogP contribution in [0.25, 0.3) is 0 Å². The summed E-state index contributed by atoms with van der Waals surface area (Å²) in [5.41, 5.74) is 0.424. The third-order valence-electron chi connectivity index (χ3n) is 2.45. The van der Waals surface area contributed by atoms with E-state index in [0.717, 1.165) is 7.11 Å². The predicted octanol–water partition coefficient (Wildman–Crippen LogP) is 1.11. The molecule has 0 amide bonds. The van der Waals surface area contributed by atoms with Crippen molar-refractivity contribution < 1.29 is 24.5 Å². The highest BCUT2D eigenvalue weighted by atomic mass is 35.5. The van der Waals surface area contributed by atoms with E-state index in [1.165, 1.54) is 25.1 Å². The Balaban J connectivity index is 3.07. The molecule has 0 aromatic heterocycles. The van der Waals surface area contributed by atoms with Gasteiger partial charge in [-0.05, 0) is 24.6 Å². The van der Waals surface area contributed by atoms with Gasteiger partial charge in [0.2, 0.25) is 0 Å². The zero-order valence-electron chi connectivity index (χ0n) is 9.88. The molecule has 0 radical (unpaired) electrons. The Morgan fingerprint density at radius 1 is 1.33 bits per heavy atom. The highest BCUT2D eigenvalue weighted by Crippen LogP contribution is 2.24. The molecule has 2 unspecified atom stereocenters. The Hall–Kier alpha value is -1.43. The van der Waals surface area contributed by atoms with Gasteiger partial charge in [-0.3, -0.25) is 4.79 Å². The largest absolute Gasteiger partial charge is 0.467 e. The summed E-state index contributed by atoms with van der Waals surface area (Å²) in [6, 6.07) is 4.17. The van der Waals surface area contributed by atoms with Gasteiger partial charge in [0, 0.05) is 5.56 Å². The van der Waals surface area contributed by atoms with Crippen LogP contribution in [-0.2, 0) is 9.53 Å². The van der Waals surface area contributed by atoms with Crippen LogP contribution in [0.5, 0.6) is 0 Å². The summed E-state index contributed by atoms with van der Waals surface area (Å²) >= 11 is 5.81. The number of carbonyl (C=O) groups is 2. The fourth-order valence-electron chi connectivity index (χ4n) is 1.43. The van der Waals surface area contributed by atoms with Gasteiger partial charge in [0.15, 0.2) is 11.9 Å². The highest BCUT2D eigenvalue weighted by Gasteiger charge is 2.27. The summed E-state index contributed by atoms with van der Waals surface area (Å²) < 4.78 is 4.31. The van der Waals surface area contributed by atoms with E-state index in [0.29, 0.717) is 0 Å². The molecular formula is C12H13ClO5. The van der Waals surface area contributed by atoms with Crippen LogP contribution in [0.3, 0.4) is 0 Å². The summed E-state index contributed by atoms with van der Waals surface area (Å²) in [4.78, 5) is 22.4. The molecule has 5 nitrogen and oxygen atoms in total. The van der Waals surface area contributed by atoms with E-state index in [4.69, 9.17) is 11.6 Å². The molecule has 0 fully saturated rings. The van der Waals surface area contributed by atoms with E-state index in [9.17, 15) is 19.8 Å². The number of carbonyl (C=O) groups excluding carboxylic acids is 2. The maximum Gasteiger partial charge on any atom is 0.337 e. The average molecular weight is 273 g/mol. The number of ketones is 1. The molecule has 0 bridgehead atoms. The van der Waals surface area contributed by atoms with Crippen molar-refractivity contribution in [3.8, 4) is 0 Å². The number of aliphatic hydroxyl groups excluding tert-OH is 2. The van der Waals surface area contributed by atoms with Crippen molar-refractivity contribution in [2.75, 3.05) is 7.11 Å². The van der Waals surface area contributed by atoms with Crippen molar-refractivity contribution in [2.45, 2.75) is 19.1 Å². The van der Waals surface area contributed by atoms with Crippen molar-refractivity contribution in [2.24, 2.45) is 0 Å². The van der Waals surface area contributed by atoms with E-state index in [2.05, 4.69) is 4.74 Å². The molecule has 2 atom stereocenters. The summed E-state index contributed by atoms with van der Waals surface area (Å²) in [6.07, 6.45) is -3.19. The second-order valence-corrected chi connectivity index (χ2v) is 4.12. The van der Waals surface area contributed by atoms with Crippen molar-refractivity contribution >= 4 is 23.4 Å². The maximum absolute atomic E-state index is 11.3. The van der Waals surface area contributed by atoms with Gasteiger partial charge in [0.25, 0.3) is 0 Å². The van der Waals surface area contributed by atoms with E-state index >= 15 is 0 Å². The van der Waals surface area contributed by atoms with Crippen molar-refractivity contribution in [3.05, 3.63) is 34.3 Å². The molecule has 2 N–H and O–H groups in total. The second kappa shape index (κ2) is 5.95. The number of Topliss-reactive ketones (excluding diaryl/α,β-unsaturated/α-hetero) is 1. The first kappa shape index (κ1) is 14.6. The molecule has 6 heteroatoms. The Kier molecular flexibility index (Phi) is 4.84. The third kappa shape index (κ3) is 3.07. The number of aliphatic hydroxyl groups is 2. The van der Waals surface area contributed by atoms with Crippen LogP contribution in [0.1, 0.15) is 28.9 Å². The average Bonchev–Trinajstić information content (AvgIpc) is 2.36. The lowest BCUT2D eigenvalue weighted by Gasteiger charge is -2.16. The van der Waals surface area contributed by atoms with Crippen LogP contribution in [0, 0.1) is 0 Å². The number of methoxy groups -OCH3 is 1. The van der Waals surface area contributed by atoms with Crippen LogP contribution in [-0.4, -0.2) is 35.2 Å². The smallest absolute Gasteiger partial charge is 0.337 e. The van der Waals surface area contributed by atoms with E-state index < -0.39 is 18.2 Å². The monoisotopic (exact) mass is 272 g/mol. The molecule has 18 heavy (non-hydrogen) atoms. The first-order valence-electron chi connectivity index (χ1n) is 5.12. The van der Waals surface area contributed by atoms with E-state index in [-0.39, 0.29) is 21.9 Å². The normalized spacial score (nSPS) is 13.8. The molecule has 0 aliphatic carbocycles. The lowest BCUT2D eigenvalue weighted by molar-refractivity contribution is -0.156. The molecule has 0 aliphatic rings. The summed E-state index contributed by atoms with van der Waals surface area (Å²) in [6.45, 7) is 1.33. The highest BCUT2D eigenvalue weighted by molar-refractivity contribution is 6.33. The number of hydrogen-bond acceptors (Lipinski definition) is 5. The van der Waals surface area contributed by atoms with Crippen LogP contribution in [0.4, 0.5) is 0 Å². The fourth-order valence-corrected chi connectivity index (χ4v) is 1.68. The van der Waals surface area contributed by atoms with Gasteiger partial charge in [-0.25, -0.2) is 4.79 Å².